The van der Waals surface area contributed by atoms with Gasteiger partial charge in [0.2, 0.25) is 0 Å². The minimum atomic E-state index is -0.454. The molecule has 1 aliphatic rings. The summed E-state index contributed by atoms with van der Waals surface area (Å²) in [5.74, 6) is 0.268. The number of nitrogens with one attached hydrogen (secondary N) is 1. The van der Waals surface area contributed by atoms with Gasteiger partial charge in [-0.3, -0.25) is 0 Å². The Morgan fingerprint density at radius 2 is 1.96 bits per heavy atom. The average Bonchev–Trinajstić information content (AvgIpc) is 2.43. The number of aryl methyl sites for hydroxylation is 1. The molecule has 1 N–H and O–H groups in total. The summed E-state index contributed by atoms with van der Waals surface area (Å²) in [5, 5.41) is 3.30. The van der Waals surface area contributed by atoms with Crippen molar-refractivity contribution in [2.45, 2.75) is 46.1 Å². The van der Waals surface area contributed by atoms with Crippen LogP contribution in [0.4, 0.5) is 14.9 Å². The van der Waals surface area contributed by atoms with Gasteiger partial charge in [-0.15, -0.1) is 0 Å². The first-order valence-corrected chi connectivity index (χ1v) is 8.22. The van der Waals surface area contributed by atoms with Crippen LogP contribution in [0.3, 0.4) is 0 Å². The lowest BCUT2D eigenvalue weighted by atomic mass is 9.97. The van der Waals surface area contributed by atoms with E-state index in [0.29, 0.717) is 19.0 Å². The summed E-state index contributed by atoms with van der Waals surface area (Å²) in [5.41, 5.74) is 1.27. The van der Waals surface area contributed by atoms with Gasteiger partial charge in [-0.25, -0.2) is 9.18 Å². The molecule has 1 aliphatic heterocycles. The maximum Gasteiger partial charge on any atom is 0.410 e. The first kappa shape index (κ1) is 17.6. The van der Waals surface area contributed by atoms with Crippen LogP contribution in [0.2, 0.25) is 0 Å². The van der Waals surface area contributed by atoms with E-state index in [1.54, 1.807) is 4.90 Å². The van der Waals surface area contributed by atoms with Crippen LogP contribution in [0.5, 0.6) is 0 Å². The van der Waals surface area contributed by atoms with Crippen LogP contribution in [0, 0.1) is 18.7 Å². The summed E-state index contributed by atoms with van der Waals surface area (Å²) in [6.07, 6.45) is 1.63. The van der Waals surface area contributed by atoms with Crippen molar-refractivity contribution in [2.75, 3.05) is 25.0 Å². The van der Waals surface area contributed by atoms with Gasteiger partial charge in [0.1, 0.15) is 11.4 Å². The van der Waals surface area contributed by atoms with Crippen molar-refractivity contribution >= 4 is 11.8 Å². The fraction of sp³-hybridized carbons (Fsp3) is 0.611. The van der Waals surface area contributed by atoms with Crippen molar-refractivity contribution in [3.63, 3.8) is 0 Å². The molecule has 0 aliphatic carbocycles. The number of carbonyl (C=O) groups excluding carboxylic acids is 1. The molecule has 1 fully saturated rings. The molecule has 4 nitrogen and oxygen atoms in total. The van der Waals surface area contributed by atoms with Crippen LogP contribution in [0.15, 0.2) is 18.2 Å². The number of hydrogen-bond donors (Lipinski definition) is 1. The molecule has 0 unspecified atom stereocenters. The number of hydrogen-bond acceptors (Lipinski definition) is 3. The van der Waals surface area contributed by atoms with Crippen LogP contribution >= 0.6 is 0 Å². The number of nitrogens with zero attached hydrogens (tertiary/aromatic N) is 1. The van der Waals surface area contributed by atoms with E-state index in [1.165, 1.54) is 12.1 Å². The maximum absolute atomic E-state index is 13.4. The van der Waals surface area contributed by atoms with Gasteiger partial charge in [-0.05, 0) is 70.2 Å². The predicted octanol–water partition coefficient (Wildman–Crippen LogP) is 4.19. The number of benzene rings is 1. The van der Waals surface area contributed by atoms with Gasteiger partial charge in [-0.2, -0.15) is 0 Å². The minimum Gasteiger partial charge on any atom is -0.444 e. The Hall–Kier alpha value is -1.78. The molecule has 0 radical (unpaired) electrons. The second-order valence-corrected chi connectivity index (χ2v) is 7.31. The van der Waals surface area contributed by atoms with Crippen LogP contribution in [0.25, 0.3) is 0 Å². The average molecular weight is 322 g/mol. The predicted molar refractivity (Wildman–Crippen MR) is 90.2 cm³/mol. The third kappa shape index (κ3) is 5.73. The topological polar surface area (TPSA) is 41.6 Å². The fourth-order valence-electron chi connectivity index (χ4n) is 2.75. The Morgan fingerprint density at radius 1 is 1.30 bits per heavy atom. The standard InChI is InChI=1S/C18H27FN2O2/c1-13-9-15(19)11-16(10-13)20-12-14-5-7-21(8-6-14)17(22)23-18(2,3)4/h9-11,14,20H,5-8,12H2,1-4H3. The molecule has 0 spiro atoms. The van der Waals surface area contributed by atoms with E-state index in [-0.39, 0.29) is 11.9 Å². The van der Waals surface area contributed by atoms with Crippen molar-refractivity contribution < 1.29 is 13.9 Å². The molecule has 1 aromatic rings. The van der Waals surface area contributed by atoms with Gasteiger partial charge in [0, 0.05) is 25.3 Å². The normalized spacial score (nSPS) is 16.3. The number of likely N-dealkylation sites (tertiary alicyclic amines) is 1. The molecule has 0 bridgehead atoms. The van der Waals surface area contributed by atoms with Crippen molar-refractivity contribution in [3.8, 4) is 0 Å². The van der Waals surface area contributed by atoms with Gasteiger partial charge >= 0.3 is 6.09 Å². The zero-order chi connectivity index (χ0) is 17.0. The lowest BCUT2D eigenvalue weighted by molar-refractivity contribution is 0.0188. The molecule has 128 valence electrons. The summed E-state index contributed by atoms with van der Waals surface area (Å²) >= 11 is 0. The molecule has 1 saturated heterocycles. The quantitative estimate of drug-likeness (QED) is 0.907. The largest absolute Gasteiger partial charge is 0.444 e. The van der Waals surface area contributed by atoms with Gasteiger partial charge in [0.15, 0.2) is 0 Å². The van der Waals surface area contributed by atoms with Crippen LogP contribution < -0.4 is 5.32 Å². The summed E-state index contributed by atoms with van der Waals surface area (Å²) in [4.78, 5) is 13.8. The summed E-state index contributed by atoms with van der Waals surface area (Å²) in [6, 6.07) is 4.98. The molecule has 5 heteroatoms. The second kappa shape index (κ2) is 7.20. The first-order chi connectivity index (χ1) is 10.7. The Balaban J connectivity index is 1.77. The molecule has 0 saturated carbocycles. The highest BCUT2D eigenvalue weighted by atomic mass is 19.1. The summed E-state index contributed by atoms with van der Waals surface area (Å²) < 4.78 is 18.8. The highest BCUT2D eigenvalue weighted by Crippen LogP contribution is 2.21. The number of ether oxygens (including phenoxy) is 1. The highest BCUT2D eigenvalue weighted by Gasteiger charge is 2.26. The van der Waals surface area contributed by atoms with E-state index in [9.17, 15) is 9.18 Å². The fourth-order valence-corrected chi connectivity index (χ4v) is 2.75. The lowest BCUT2D eigenvalue weighted by Gasteiger charge is -2.33. The lowest BCUT2D eigenvalue weighted by Crippen LogP contribution is -2.42. The zero-order valence-corrected chi connectivity index (χ0v) is 14.5. The number of amides is 1. The van der Waals surface area contributed by atoms with Crippen molar-refractivity contribution in [1.82, 2.24) is 4.90 Å². The van der Waals surface area contributed by atoms with E-state index in [4.69, 9.17) is 4.74 Å². The first-order valence-electron chi connectivity index (χ1n) is 8.22. The third-order valence-electron chi connectivity index (χ3n) is 3.90. The van der Waals surface area contributed by atoms with Crippen LogP contribution in [-0.4, -0.2) is 36.2 Å². The Morgan fingerprint density at radius 3 is 2.52 bits per heavy atom. The van der Waals surface area contributed by atoms with E-state index in [0.717, 1.165) is 30.6 Å². The van der Waals surface area contributed by atoms with E-state index < -0.39 is 5.60 Å². The highest BCUT2D eigenvalue weighted by molar-refractivity contribution is 5.68. The second-order valence-electron chi connectivity index (χ2n) is 7.31. The van der Waals surface area contributed by atoms with E-state index >= 15 is 0 Å². The van der Waals surface area contributed by atoms with E-state index in [2.05, 4.69) is 5.32 Å². The summed E-state index contributed by atoms with van der Waals surface area (Å²) in [7, 11) is 0. The maximum atomic E-state index is 13.4. The number of piperidine rings is 1. The van der Waals surface area contributed by atoms with Crippen molar-refractivity contribution in [1.29, 1.82) is 0 Å². The minimum absolute atomic E-state index is 0.216. The van der Waals surface area contributed by atoms with Gasteiger partial charge < -0.3 is 15.0 Å². The number of anilines is 1. The Kier molecular flexibility index (Phi) is 5.50. The third-order valence-corrected chi connectivity index (χ3v) is 3.90. The van der Waals surface area contributed by atoms with Crippen molar-refractivity contribution in [3.05, 3.63) is 29.6 Å². The van der Waals surface area contributed by atoms with E-state index in [1.807, 2.05) is 33.8 Å². The SMILES string of the molecule is Cc1cc(F)cc(NCC2CCN(C(=O)OC(C)(C)C)CC2)c1. The Bertz CT molecular complexity index is 526. The monoisotopic (exact) mass is 322 g/mol. The Labute approximate surface area is 138 Å². The molecule has 1 amide bonds. The van der Waals surface area contributed by atoms with Crippen molar-refractivity contribution in [2.24, 2.45) is 5.92 Å². The van der Waals surface area contributed by atoms with Gasteiger partial charge in [0.25, 0.3) is 0 Å². The number of halogens is 1. The molecular formula is C18H27FN2O2. The molecule has 2 rings (SSSR count). The molecule has 23 heavy (non-hydrogen) atoms. The molecule has 0 atom stereocenters. The number of rotatable bonds is 3. The molecule has 1 heterocycles. The number of carbonyl (C=O) groups is 1. The molecule has 0 aromatic heterocycles. The summed E-state index contributed by atoms with van der Waals surface area (Å²) in [6.45, 7) is 9.74. The molecular weight excluding hydrogens is 295 g/mol. The van der Waals surface area contributed by atoms with Crippen LogP contribution in [-0.2, 0) is 4.74 Å². The zero-order valence-electron chi connectivity index (χ0n) is 14.5. The smallest absolute Gasteiger partial charge is 0.410 e. The van der Waals surface area contributed by atoms with Gasteiger partial charge in [0.05, 0.1) is 0 Å². The van der Waals surface area contributed by atoms with Gasteiger partial charge in [-0.1, -0.05) is 0 Å². The molecule has 1 aromatic carbocycles. The van der Waals surface area contributed by atoms with Crippen LogP contribution in [0.1, 0.15) is 39.2 Å².